The van der Waals surface area contributed by atoms with Gasteiger partial charge in [-0.25, -0.2) is 5.01 Å². The monoisotopic (exact) mass is 386 g/mol. The lowest BCUT2D eigenvalue weighted by Crippen LogP contribution is -2.35. The molecule has 0 aliphatic carbocycles. The maximum atomic E-state index is 12.5. The van der Waals surface area contributed by atoms with Crippen LogP contribution < -0.4 is 19.9 Å². The number of hydrogen-bond donors (Lipinski definition) is 1. The lowest BCUT2D eigenvalue weighted by Gasteiger charge is -2.14. The van der Waals surface area contributed by atoms with Crippen molar-refractivity contribution in [2.45, 2.75) is 0 Å². The molecule has 6 nitrogen and oxygen atoms in total. The summed E-state index contributed by atoms with van der Waals surface area (Å²) in [5.74, 6) is 0.399. The molecule has 0 unspecified atom stereocenters. The summed E-state index contributed by atoms with van der Waals surface area (Å²) >= 11 is 3.34. The van der Waals surface area contributed by atoms with E-state index < -0.39 is 11.8 Å². The van der Waals surface area contributed by atoms with Gasteiger partial charge in [-0.3, -0.25) is 15.0 Å². The van der Waals surface area contributed by atoms with E-state index in [9.17, 15) is 9.59 Å². The van der Waals surface area contributed by atoms with Crippen LogP contribution in [0.15, 0.2) is 52.5 Å². The summed E-state index contributed by atoms with van der Waals surface area (Å²) in [6.07, 6.45) is 1.54. The van der Waals surface area contributed by atoms with Gasteiger partial charge in [0.25, 0.3) is 11.8 Å². The van der Waals surface area contributed by atoms with Crippen molar-refractivity contribution >= 4 is 39.5 Å². The number of hydrogen-bond acceptors (Lipinski definition) is 4. The van der Waals surface area contributed by atoms with E-state index in [-0.39, 0.29) is 12.4 Å². The zero-order valence-corrected chi connectivity index (χ0v) is 13.9. The number of amides is 2. The standard InChI is InChI=1S/C17H11BrN2O4/c18-11-2-4-12(5-3-11)20-17(22)13(16(21)19-20)7-10-1-6-14-15(8-10)24-9-23-14/h1-8H,9H2,(H,19,21). The van der Waals surface area contributed by atoms with Crippen molar-refractivity contribution in [2.75, 3.05) is 11.8 Å². The van der Waals surface area contributed by atoms with E-state index in [1.165, 1.54) is 5.01 Å². The lowest BCUT2D eigenvalue weighted by atomic mass is 10.1. The van der Waals surface area contributed by atoms with Crippen LogP contribution in [0.5, 0.6) is 11.5 Å². The van der Waals surface area contributed by atoms with Gasteiger partial charge < -0.3 is 9.47 Å². The summed E-state index contributed by atoms with van der Waals surface area (Å²) in [6, 6.07) is 12.3. The van der Waals surface area contributed by atoms with Crippen molar-refractivity contribution in [2.24, 2.45) is 0 Å². The second-order valence-electron chi connectivity index (χ2n) is 5.23. The third kappa shape index (κ3) is 2.52. The predicted octanol–water partition coefficient (Wildman–Crippen LogP) is 2.64. The normalized spacial score (nSPS) is 17.5. The van der Waals surface area contributed by atoms with E-state index >= 15 is 0 Å². The molecule has 2 aliphatic rings. The Morgan fingerprint density at radius 1 is 1.04 bits per heavy atom. The fraction of sp³-hybridized carbons (Fsp3) is 0.0588. The summed E-state index contributed by atoms with van der Waals surface area (Å²) in [5.41, 5.74) is 3.91. The molecule has 1 fully saturated rings. The molecule has 7 heteroatoms. The summed E-state index contributed by atoms with van der Waals surface area (Å²) in [6.45, 7) is 0.173. The first-order chi connectivity index (χ1) is 11.6. The third-order valence-electron chi connectivity index (χ3n) is 3.68. The highest BCUT2D eigenvalue weighted by Crippen LogP contribution is 2.33. The first kappa shape index (κ1) is 14.8. The van der Waals surface area contributed by atoms with E-state index in [1.54, 1.807) is 48.5 Å². The predicted molar refractivity (Wildman–Crippen MR) is 90.3 cm³/mol. The van der Waals surface area contributed by atoms with Crippen molar-refractivity contribution in [3.63, 3.8) is 0 Å². The molecule has 4 rings (SSSR count). The smallest absolute Gasteiger partial charge is 0.282 e. The van der Waals surface area contributed by atoms with Crippen molar-refractivity contribution in [3.05, 3.63) is 58.1 Å². The van der Waals surface area contributed by atoms with Crippen LogP contribution in [0.1, 0.15) is 5.56 Å². The Labute approximate surface area is 145 Å². The molecule has 0 spiro atoms. The average Bonchev–Trinajstić information content (AvgIpc) is 3.15. The Morgan fingerprint density at radius 3 is 2.58 bits per heavy atom. The van der Waals surface area contributed by atoms with Gasteiger partial charge in [0.05, 0.1) is 5.69 Å². The maximum Gasteiger partial charge on any atom is 0.282 e. The molecule has 2 aliphatic heterocycles. The number of hydrazine groups is 1. The largest absolute Gasteiger partial charge is 0.454 e. The molecule has 0 radical (unpaired) electrons. The molecule has 2 aromatic carbocycles. The van der Waals surface area contributed by atoms with Crippen LogP contribution in [0.2, 0.25) is 0 Å². The van der Waals surface area contributed by atoms with Crippen LogP contribution in [0.25, 0.3) is 6.08 Å². The van der Waals surface area contributed by atoms with Crippen molar-refractivity contribution in [1.82, 2.24) is 5.43 Å². The molecule has 2 aromatic rings. The molecule has 1 saturated heterocycles. The number of rotatable bonds is 2. The Hall–Kier alpha value is -2.80. The number of carbonyl (C=O) groups excluding carboxylic acids is 2. The Bertz CT molecular complexity index is 877. The lowest BCUT2D eigenvalue weighted by molar-refractivity contribution is -0.117. The molecule has 0 saturated carbocycles. The zero-order valence-electron chi connectivity index (χ0n) is 12.3. The van der Waals surface area contributed by atoms with Crippen LogP contribution in [-0.2, 0) is 9.59 Å². The molecule has 0 atom stereocenters. The van der Waals surface area contributed by atoms with E-state index in [0.717, 1.165) is 4.47 Å². The van der Waals surface area contributed by atoms with E-state index in [0.29, 0.717) is 22.7 Å². The van der Waals surface area contributed by atoms with Crippen LogP contribution in [0, 0.1) is 0 Å². The van der Waals surface area contributed by atoms with Crippen LogP contribution in [-0.4, -0.2) is 18.6 Å². The number of halogens is 1. The highest BCUT2D eigenvalue weighted by atomic mass is 79.9. The molecule has 120 valence electrons. The maximum absolute atomic E-state index is 12.5. The van der Waals surface area contributed by atoms with Crippen LogP contribution >= 0.6 is 15.9 Å². The minimum atomic E-state index is -0.444. The van der Waals surface area contributed by atoms with Gasteiger partial charge in [0.1, 0.15) is 5.57 Å². The molecular weight excluding hydrogens is 376 g/mol. The second kappa shape index (κ2) is 5.68. The number of carbonyl (C=O) groups is 2. The highest BCUT2D eigenvalue weighted by Gasteiger charge is 2.34. The third-order valence-corrected chi connectivity index (χ3v) is 4.21. The fourth-order valence-electron chi connectivity index (χ4n) is 2.50. The number of ether oxygens (including phenoxy) is 2. The number of nitrogens with zero attached hydrogens (tertiary/aromatic N) is 1. The average molecular weight is 387 g/mol. The van der Waals surface area contributed by atoms with Crippen LogP contribution in [0.3, 0.4) is 0 Å². The van der Waals surface area contributed by atoms with Gasteiger partial charge in [-0.05, 0) is 48.0 Å². The van der Waals surface area contributed by atoms with Gasteiger partial charge in [-0.2, -0.15) is 0 Å². The molecule has 2 heterocycles. The summed E-state index contributed by atoms with van der Waals surface area (Å²) < 4.78 is 11.4. The fourth-order valence-corrected chi connectivity index (χ4v) is 2.76. The summed E-state index contributed by atoms with van der Waals surface area (Å²) in [4.78, 5) is 24.7. The first-order valence-electron chi connectivity index (χ1n) is 7.14. The van der Waals surface area contributed by atoms with Gasteiger partial charge in [-0.15, -0.1) is 0 Å². The van der Waals surface area contributed by atoms with E-state index in [2.05, 4.69) is 21.4 Å². The molecule has 24 heavy (non-hydrogen) atoms. The summed E-state index contributed by atoms with van der Waals surface area (Å²) in [5, 5.41) is 1.23. The number of benzene rings is 2. The Kier molecular flexibility index (Phi) is 3.50. The quantitative estimate of drug-likeness (QED) is 0.636. The summed E-state index contributed by atoms with van der Waals surface area (Å²) in [7, 11) is 0. The second-order valence-corrected chi connectivity index (χ2v) is 6.14. The molecular formula is C17H11BrN2O4. The Morgan fingerprint density at radius 2 is 1.79 bits per heavy atom. The Balaban J connectivity index is 1.65. The van der Waals surface area contributed by atoms with Crippen molar-refractivity contribution < 1.29 is 19.1 Å². The van der Waals surface area contributed by atoms with E-state index in [1.807, 2.05) is 0 Å². The minimum absolute atomic E-state index is 0.0665. The highest BCUT2D eigenvalue weighted by molar-refractivity contribution is 9.10. The SMILES string of the molecule is O=C1NN(c2ccc(Br)cc2)C(=O)C1=Cc1ccc2c(c1)OCO2. The van der Waals surface area contributed by atoms with Gasteiger partial charge in [-0.1, -0.05) is 22.0 Å². The minimum Gasteiger partial charge on any atom is -0.454 e. The topological polar surface area (TPSA) is 67.9 Å². The van der Waals surface area contributed by atoms with Gasteiger partial charge in [0, 0.05) is 4.47 Å². The molecule has 0 bridgehead atoms. The van der Waals surface area contributed by atoms with E-state index in [4.69, 9.17) is 9.47 Å². The zero-order chi connectivity index (χ0) is 16.7. The number of fused-ring (bicyclic) bond motifs is 1. The van der Waals surface area contributed by atoms with Gasteiger partial charge in [0.15, 0.2) is 11.5 Å². The number of nitrogens with one attached hydrogen (secondary N) is 1. The van der Waals surface area contributed by atoms with Crippen LogP contribution in [0.4, 0.5) is 5.69 Å². The molecule has 0 aromatic heterocycles. The van der Waals surface area contributed by atoms with Gasteiger partial charge in [0.2, 0.25) is 6.79 Å². The first-order valence-corrected chi connectivity index (χ1v) is 7.93. The molecule has 1 N–H and O–H groups in total. The van der Waals surface area contributed by atoms with Gasteiger partial charge >= 0.3 is 0 Å². The van der Waals surface area contributed by atoms with Crippen molar-refractivity contribution in [1.29, 1.82) is 0 Å². The number of anilines is 1. The molecule has 2 amide bonds. The van der Waals surface area contributed by atoms with Crippen molar-refractivity contribution in [3.8, 4) is 11.5 Å².